The van der Waals surface area contributed by atoms with Crippen LogP contribution in [-0.2, 0) is 12.8 Å². The molecule has 1 fully saturated rings. The fraction of sp³-hybridized carbons (Fsp3) is 0.636. The van der Waals surface area contributed by atoms with Crippen LogP contribution in [0.25, 0.3) is 0 Å². The molecule has 0 aromatic carbocycles. The van der Waals surface area contributed by atoms with E-state index in [4.69, 9.17) is 16.3 Å². The second-order valence-corrected chi connectivity index (χ2v) is 4.59. The maximum absolute atomic E-state index is 5.87. The number of hydrogen-bond donors (Lipinski definition) is 0. The van der Waals surface area contributed by atoms with Gasteiger partial charge in [0.1, 0.15) is 6.10 Å². The van der Waals surface area contributed by atoms with Gasteiger partial charge >= 0.3 is 0 Å². The van der Waals surface area contributed by atoms with Crippen LogP contribution in [0.3, 0.4) is 0 Å². The molecule has 1 aromatic rings. The van der Waals surface area contributed by atoms with Crippen molar-refractivity contribution in [2.24, 2.45) is 0 Å². The molecule has 0 radical (unpaired) electrons. The quantitative estimate of drug-likeness (QED) is 0.725. The SMILES string of the molecule is Clc1nc2c(c(OC3CCC3)n1)CCC2. The molecule has 2 aliphatic carbocycles. The van der Waals surface area contributed by atoms with E-state index in [1.54, 1.807) is 0 Å². The molecule has 1 saturated carbocycles. The molecular formula is C11H13ClN2O. The van der Waals surface area contributed by atoms with Crippen LogP contribution in [0, 0.1) is 0 Å². The number of ether oxygens (including phenoxy) is 1. The van der Waals surface area contributed by atoms with Crippen molar-refractivity contribution in [3.8, 4) is 5.88 Å². The van der Waals surface area contributed by atoms with Crippen LogP contribution in [0.5, 0.6) is 5.88 Å². The van der Waals surface area contributed by atoms with Gasteiger partial charge in [0.25, 0.3) is 0 Å². The molecular weight excluding hydrogens is 212 g/mol. The second kappa shape index (κ2) is 3.63. The summed E-state index contributed by atoms with van der Waals surface area (Å²) in [5.41, 5.74) is 2.27. The molecule has 0 aliphatic heterocycles. The van der Waals surface area contributed by atoms with Crippen LogP contribution in [-0.4, -0.2) is 16.1 Å². The summed E-state index contributed by atoms with van der Waals surface area (Å²) in [5.74, 6) is 0.743. The first-order valence-corrected chi connectivity index (χ1v) is 5.92. The van der Waals surface area contributed by atoms with Crippen molar-refractivity contribution in [3.05, 3.63) is 16.5 Å². The van der Waals surface area contributed by atoms with Gasteiger partial charge in [-0.15, -0.1) is 0 Å². The summed E-state index contributed by atoms with van der Waals surface area (Å²) in [7, 11) is 0. The van der Waals surface area contributed by atoms with Crippen molar-refractivity contribution in [1.29, 1.82) is 0 Å². The Morgan fingerprint density at radius 2 is 2.00 bits per heavy atom. The van der Waals surface area contributed by atoms with Crippen molar-refractivity contribution in [1.82, 2.24) is 9.97 Å². The van der Waals surface area contributed by atoms with Gasteiger partial charge in [-0.2, -0.15) is 4.98 Å². The molecule has 0 unspecified atom stereocenters. The van der Waals surface area contributed by atoms with E-state index in [0.29, 0.717) is 11.4 Å². The fourth-order valence-corrected chi connectivity index (χ4v) is 2.29. The van der Waals surface area contributed by atoms with E-state index in [1.807, 2.05) is 0 Å². The zero-order chi connectivity index (χ0) is 10.3. The third-order valence-electron chi connectivity index (χ3n) is 3.20. The Labute approximate surface area is 93.8 Å². The molecule has 15 heavy (non-hydrogen) atoms. The first-order valence-electron chi connectivity index (χ1n) is 5.55. The van der Waals surface area contributed by atoms with Gasteiger partial charge < -0.3 is 4.74 Å². The molecule has 0 amide bonds. The number of fused-ring (bicyclic) bond motifs is 1. The highest BCUT2D eigenvalue weighted by Crippen LogP contribution is 2.32. The third-order valence-corrected chi connectivity index (χ3v) is 3.37. The standard InChI is InChI=1S/C11H13ClN2O/c12-11-13-9-6-2-5-8(9)10(14-11)15-7-3-1-4-7/h7H,1-6H2. The summed E-state index contributed by atoms with van der Waals surface area (Å²) in [4.78, 5) is 8.44. The van der Waals surface area contributed by atoms with E-state index in [2.05, 4.69) is 9.97 Å². The normalized spacial score (nSPS) is 19.8. The van der Waals surface area contributed by atoms with E-state index in [0.717, 1.165) is 43.7 Å². The number of rotatable bonds is 2. The minimum Gasteiger partial charge on any atom is -0.474 e. The van der Waals surface area contributed by atoms with Crippen molar-refractivity contribution in [2.75, 3.05) is 0 Å². The molecule has 0 atom stereocenters. The van der Waals surface area contributed by atoms with Crippen molar-refractivity contribution < 1.29 is 4.74 Å². The monoisotopic (exact) mass is 224 g/mol. The van der Waals surface area contributed by atoms with E-state index < -0.39 is 0 Å². The van der Waals surface area contributed by atoms with Crippen molar-refractivity contribution in [2.45, 2.75) is 44.6 Å². The summed E-state index contributed by atoms with van der Waals surface area (Å²) in [6, 6.07) is 0. The summed E-state index contributed by atoms with van der Waals surface area (Å²) < 4.78 is 5.84. The van der Waals surface area contributed by atoms with E-state index >= 15 is 0 Å². The number of halogens is 1. The number of hydrogen-bond acceptors (Lipinski definition) is 3. The summed E-state index contributed by atoms with van der Waals surface area (Å²) >= 11 is 5.87. The summed E-state index contributed by atoms with van der Waals surface area (Å²) in [6.45, 7) is 0. The zero-order valence-corrected chi connectivity index (χ0v) is 9.26. The Kier molecular flexibility index (Phi) is 2.28. The van der Waals surface area contributed by atoms with Gasteiger partial charge in [-0.25, -0.2) is 4.98 Å². The van der Waals surface area contributed by atoms with Gasteiger partial charge in [0.15, 0.2) is 0 Å². The Bertz CT molecular complexity index is 390. The van der Waals surface area contributed by atoms with Gasteiger partial charge in [0.2, 0.25) is 11.2 Å². The molecule has 3 rings (SSSR count). The van der Waals surface area contributed by atoms with E-state index in [9.17, 15) is 0 Å². The molecule has 2 aliphatic rings. The number of aryl methyl sites for hydroxylation is 1. The lowest BCUT2D eigenvalue weighted by atomic mass is 9.96. The minimum atomic E-state index is 0.324. The minimum absolute atomic E-state index is 0.324. The first-order chi connectivity index (χ1) is 7.33. The molecule has 0 saturated heterocycles. The maximum atomic E-state index is 5.87. The highest BCUT2D eigenvalue weighted by atomic mass is 35.5. The number of aromatic nitrogens is 2. The highest BCUT2D eigenvalue weighted by molar-refractivity contribution is 6.28. The lowest BCUT2D eigenvalue weighted by Crippen LogP contribution is -2.25. The molecule has 0 N–H and O–H groups in total. The Morgan fingerprint density at radius 1 is 1.13 bits per heavy atom. The molecule has 1 heterocycles. The number of nitrogens with zero attached hydrogens (tertiary/aromatic N) is 2. The zero-order valence-electron chi connectivity index (χ0n) is 8.50. The molecule has 4 heteroatoms. The van der Waals surface area contributed by atoms with Gasteiger partial charge in [0.05, 0.1) is 5.69 Å². The maximum Gasteiger partial charge on any atom is 0.225 e. The van der Waals surface area contributed by atoms with E-state index in [-0.39, 0.29) is 0 Å². The summed E-state index contributed by atoms with van der Waals surface area (Å²) in [6.07, 6.45) is 7.12. The van der Waals surface area contributed by atoms with Crippen LogP contribution in [0.15, 0.2) is 0 Å². The molecule has 3 nitrogen and oxygen atoms in total. The van der Waals surface area contributed by atoms with Gasteiger partial charge in [-0.1, -0.05) is 0 Å². The molecule has 0 bridgehead atoms. The van der Waals surface area contributed by atoms with Gasteiger partial charge in [-0.3, -0.25) is 0 Å². The predicted molar refractivity (Wildman–Crippen MR) is 57.3 cm³/mol. The van der Waals surface area contributed by atoms with Crippen LogP contribution < -0.4 is 4.74 Å². The van der Waals surface area contributed by atoms with Crippen LogP contribution >= 0.6 is 11.6 Å². The highest BCUT2D eigenvalue weighted by Gasteiger charge is 2.25. The molecule has 1 aromatic heterocycles. The molecule has 80 valence electrons. The van der Waals surface area contributed by atoms with Crippen LogP contribution in [0.1, 0.15) is 36.9 Å². The van der Waals surface area contributed by atoms with Crippen molar-refractivity contribution in [3.63, 3.8) is 0 Å². The molecule has 0 spiro atoms. The van der Waals surface area contributed by atoms with Gasteiger partial charge in [0, 0.05) is 5.56 Å². The third kappa shape index (κ3) is 1.69. The summed E-state index contributed by atoms with van der Waals surface area (Å²) in [5, 5.41) is 0.324. The fourth-order valence-electron chi connectivity index (χ4n) is 2.11. The van der Waals surface area contributed by atoms with E-state index in [1.165, 1.54) is 12.0 Å². The first kappa shape index (κ1) is 9.40. The van der Waals surface area contributed by atoms with Crippen LogP contribution in [0.4, 0.5) is 0 Å². The van der Waals surface area contributed by atoms with Crippen LogP contribution in [0.2, 0.25) is 5.28 Å². The topological polar surface area (TPSA) is 35.0 Å². The largest absolute Gasteiger partial charge is 0.474 e. The Morgan fingerprint density at radius 3 is 2.73 bits per heavy atom. The average Bonchev–Trinajstić information content (AvgIpc) is 2.58. The smallest absolute Gasteiger partial charge is 0.225 e. The lowest BCUT2D eigenvalue weighted by molar-refractivity contribution is 0.113. The van der Waals surface area contributed by atoms with Gasteiger partial charge in [-0.05, 0) is 50.1 Å². The average molecular weight is 225 g/mol. The second-order valence-electron chi connectivity index (χ2n) is 4.25. The Balaban J connectivity index is 1.91. The lowest BCUT2D eigenvalue weighted by Gasteiger charge is -2.26. The van der Waals surface area contributed by atoms with Crippen molar-refractivity contribution >= 4 is 11.6 Å². The predicted octanol–water partition coefficient (Wildman–Crippen LogP) is 2.55. The Hall–Kier alpha value is -0.830.